The van der Waals surface area contributed by atoms with Crippen LogP contribution >= 0.6 is 0 Å². The number of hydrogen-bond acceptors (Lipinski definition) is 6. The second kappa shape index (κ2) is 12.8. The molecule has 9 nitrogen and oxygen atoms in total. The first-order valence-corrected chi connectivity index (χ1v) is 15.7. The summed E-state index contributed by atoms with van der Waals surface area (Å²) in [4.78, 5) is 44.4. The second-order valence-electron chi connectivity index (χ2n) is 14.6. The Kier molecular flexibility index (Phi) is 9.74. The van der Waals surface area contributed by atoms with Gasteiger partial charge in [-0.05, 0) is 24.3 Å². The summed E-state index contributed by atoms with van der Waals surface area (Å²) in [6.45, 7) is 12.9. The highest BCUT2D eigenvalue weighted by atomic mass is 16.6. The highest BCUT2D eigenvalue weighted by Gasteiger charge is 2.49. The van der Waals surface area contributed by atoms with Crippen molar-refractivity contribution in [2.75, 3.05) is 13.1 Å². The Labute approximate surface area is 255 Å². The van der Waals surface area contributed by atoms with Crippen molar-refractivity contribution in [1.29, 1.82) is 0 Å². The average Bonchev–Trinajstić information content (AvgIpc) is 2.94. The van der Waals surface area contributed by atoms with Crippen LogP contribution in [-0.2, 0) is 16.1 Å². The van der Waals surface area contributed by atoms with Crippen molar-refractivity contribution in [3.05, 3.63) is 52.6 Å². The van der Waals surface area contributed by atoms with E-state index in [0.29, 0.717) is 31.1 Å². The van der Waals surface area contributed by atoms with Crippen LogP contribution in [0.3, 0.4) is 0 Å². The fourth-order valence-corrected chi connectivity index (χ4v) is 6.85. The average molecular weight is 595 g/mol. The van der Waals surface area contributed by atoms with Gasteiger partial charge in [-0.1, -0.05) is 97.9 Å². The number of carbonyl (C=O) groups is 2. The fraction of sp³-hybridized carbons (Fsp3) is 0.647. The molecular weight excluding hydrogens is 544 g/mol. The largest absolute Gasteiger partial charge is 0.441 e. The molecule has 1 aliphatic carbocycles. The smallest absolute Gasteiger partial charge is 0.405 e. The van der Waals surface area contributed by atoms with Crippen LogP contribution in [0.2, 0.25) is 0 Å². The van der Waals surface area contributed by atoms with E-state index >= 15 is 0 Å². The Bertz CT molecular complexity index is 1340. The SMILES string of the molecule is C[C@H](CC1CCCCC1)C(=O)N1CCC(O)(Cn2cnc(-c3ccc(C(OC(N)=O)C(C)(C)C)cc3)cc2=O)C(C)(C)C1. The third-order valence-corrected chi connectivity index (χ3v) is 9.63. The minimum atomic E-state index is -1.17. The molecule has 0 radical (unpaired) electrons. The van der Waals surface area contributed by atoms with Gasteiger partial charge in [0.2, 0.25) is 5.91 Å². The lowest BCUT2D eigenvalue weighted by atomic mass is 9.69. The number of ether oxygens (including phenoxy) is 1. The third-order valence-electron chi connectivity index (χ3n) is 9.63. The van der Waals surface area contributed by atoms with E-state index in [2.05, 4.69) is 4.98 Å². The summed E-state index contributed by atoms with van der Waals surface area (Å²) < 4.78 is 6.82. The molecule has 2 heterocycles. The van der Waals surface area contributed by atoms with Crippen LogP contribution in [0.25, 0.3) is 11.3 Å². The minimum Gasteiger partial charge on any atom is -0.441 e. The molecule has 1 saturated heterocycles. The van der Waals surface area contributed by atoms with Crippen molar-refractivity contribution < 1.29 is 19.4 Å². The number of benzene rings is 1. The number of nitrogens with two attached hydrogens (primary N) is 1. The van der Waals surface area contributed by atoms with Gasteiger partial charge in [0, 0.05) is 41.5 Å². The van der Waals surface area contributed by atoms with Gasteiger partial charge in [-0.2, -0.15) is 0 Å². The number of primary amides is 1. The Morgan fingerprint density at radius 3 is 2.35 bits per heavy atom. The van der Waals surface area contributed by atoms with Gasteiger partial charge in [0.25, 0.3) is 5.56 Å². The Hall–Kier alpha value is -3.20. The number of piperidine rings is 1. The normalized spacial score (nSPS) is 22.5. The maximum atomic E-state index is 13.4. The molecule has 9 heteroatoms. The van der Waals surface area contributed by atoms with Crippen LogP contribution in [0, 0.1) is 22.7 Å². The standard InChI is InChI=1S/C34H50N4O5/c1-23(18-24-10-8-7-9-11-24)30(40)37-17-16-34(42,33(5,6)20-37)21-38-22-36-27(19-28(38)39)25-12-14-26(15-13-25)29(32(2,3)4)43-31(35)41/h12-15,19,22-24,29,42H,7-11,16-18,20-21H2,1-6H3,(H2,35,41)/t23-,29?,34?/m1/s1. The molecule has 2 fully saturated rings. The highest BCUT2D eigenvalue weighted by molar-refractivity contribution is 5.78. The van der Waals surface area contributed by atoms with E-state index in [1.165, 1.54) is 49.1 Å². The number of nitrogens with zero attached hydrogens (tertiary/aromatic N) is 3. The zero-order valence-corrected chi connectivity index (χ0v) is 26.8. The van der Waals surface area contributed by atoms with Gasteiger partial charge in [0.15, 0.2) is 0 Å². The van der Waals surface area contributed by atoms with E-state index in [-0.39, 0.29) is 29.3 Å². The summed E-state index contributed by atoms with van der Waals surface area (Å²) in [6, 6.07) is 8.83. The van der Waals surface area contributed by atoms with E-state index in [0.717, 1.165) is 17.5 Å². The molecule has 2 amide bonds. The lowest BCUT2D eigenvalue weighted by Gasteiger charge is -2.50. The maximum Gasteiger partial charge on any atom is 0.405 e. The summed E-state index contributed by atoms with van der Waals surface area (Å²) in [5.41, 5.74) is 4.93. The Morgan fingerprint density at radius 1 is 1.14 bits per heavy atom. The molecular formula is C34H50N4O5. The molecule has 0 spiro atoms. The molecule has 43 heavy (non-hydrogen) atoms. The topological polar surface area (TPSA) is 128 Å². The van der Waals surface area contributed by atoms with E-state index in [1.54, 1.807) is 0 Å². The van der Waals surface area contributed by atoms with Gasteiger partial charge in [-0.25, -0.2) is 9.78 Å². The summed E-state index contributed by atoms with van der Waals surface area (Å²) >= 11 is 0. The molecule has 1 aromatic carbocycles. The van der Waals surface area contributed by atoms with Crippen molar-refractivity contribution in [3.8, 4) is 11.3 Å². The number of rotatable bonds is 8. The molecule has 0 bridgehead atoms. The predicted molar refractivity (Wildman–Crippen MR) is 167 cm³/mol. The molecule has 2 aliphatic rings. The van der Waals surface area contributed by atoms with Gasteiger partial charge in [0.05, 0.1) is 24.2 Å². The lowest BCUT2D eigenvalue weighted by molar-refractivity contribution is -0.157. The van der Waals surface area contributed by atoms with E-state index in [1.807, 2.05) is 70.7 Å². The van der Waals surface area contributed by atoms with Crippen molar-refractivity contribution in [3.63, 3.8) is 0 Å². The lowest BCUT2D eigenvalue weighted by Crippen LogP contribution is -2.61. The van der Waals surface area contributed by atoms with Crippen LogP contribution in [0.15, 0.2) is 41.5 Å². The Balaban J connectivity index is 1.43. The van der Waals surface area contributed by atoms with E-state index in [9.17, 15) is 19.5 Å². The summed E-state index contributed by atoms with van der Waals surface area (Å²) in [5, 5.41) is 11.8. The molecule has 3 N–H and O–H groups in total. The molecule has 4 rings (SSSR count). The first-order valence-electron chi connectivity index (χ1n) is 15.7. The van der Waals surface area contributed by atoms with Gasteiger partial charge < -0.3 is 20.5 Å². The molecule has 1 aromatic heterocycles. The highest BCUT2D eigenvalue weighted by Crippen LogP contribution is 2.41. The van der Waals surface area contributed by atoms with Crippen LogP contribution in [0.1, 0.15) is 98.2 Å². The number of likely N-dealkylation sites (tertiary alicyclic amines) is 1. The van der Waals surface area contributed by atoms with Crippen LogP contribution in [0.4, 0.5) is 4.79 Å². The monoisotopic (exact) mass is 594 g/mol. The van der Waals surface area contributed by atoms with Crippen molar-refractivity contribution in [1.82, 2.24) is 14.5 Å². The molecule has 1 aliphatic heterocycles. The van der Waals surface area contributed by atoms with Crippen molar-refractivity contribution >= 4 is 12.0 Å². The summed E-state index contributed by atoms with van der Waals surface area (Å²) in [7, 11) is 0. The van der Waals surface area contributed by atoms with E-state index in [4.69, 9.17) is 10.5 Å². The third kappa shape index (κ3) is 7.66. The van der Waals surface area contributed by atoms with Gasteiger partial charge in [-0.3, -0.25) is 14.2 Å². The maximum absolute atomic E-state index is 13.4. The zero-order valence-electron chi connectivity index (χ0n) is 26.8. The van der Waals surface area contributed by atoms with Crippen LogP contribution < -0.4 is 11.3 Å². The van der Waals surface area contributed by atoms with Crippen LogP contribution in [-0.4, -0.2) is 50.2 Å². The van der Waals surface area contributed by atoms with Gasteiger partial charge in [0.1, 0.15) is 6.10 Å². The van der Waals surface area contributed by atoms with Crippen molar-refractivity contribution in [2.24, 2.45) is 28.4 Å². The fourth-order valence-electron chi connectivity index (χ4n) is 6.85. The summed E-state index contributed by atoms with van der Waals surface area (Å²) in [6.07, 6.45) is 7.74. The minimum absolute atomic E-state index is 0.0199. The number of carbonyl (C=O) groups excluding carboxylic acids is 2. The quantitative estimate of drug-likeness (QED) is 0.404. The predicted octanol–water partition coefficient (Wildman–Crippen LogP) is 5.69. The summed E-state index contributed by atoms with van der Waals surface area (Å²) in [5.74, 6) is 0.789. The van der Waals surface area contributed by atoms with Gasteiger partial charge >= 0.3 is 6.09 Å². The number of aromatic nitrogens is 2. The van der Waals surface area contributed by atoms with E-state index < -0.39 is 23.2 Å². The number of aliphatic hydroxyl groups is 1. The van der Waals surface area contributed by atoms with Gasteiger partial charge in [-0.15, -0.1) is 0 Å². The molecule has 3 atom stereocenters. The zero-order chi connectivity index (χ0) is 31.6. The first-order chi connectivity index (χ1) is 20.1. The van der Waals surface area contributed by atoms with Crippen molar-refractivity contribution in [2.45, 2.75) is 105 Å². The number of amides is 2. The molecule has 1 saturated carbocycles. The molecule has 2 unspecified atom stereocenters. The molecule has 2 aromatic rings. The second-order valence-corrected chi connectivity index (χ2v) is 14.6. The molecule has 236 valence electrons. The Morgan fingerprint density at radius 2 is 1.79 bits per heavy atom. The number of hydrogen-bond donors (Lipinski definition) is 2. The van der Waals surface area contributed by atoms with Crippen LogP contribution in [0.5, 0.6) is 0 Å². The first kappa shape index (κ1) is 32.7.